The normalized spacial score (nSPS) is 10.9. The smallest absolute Gasteiger partial charge is 0.166 e. The maximum absolute atomic E-state index is 9.88. The number of aromatic nitrogens is 5. The van der Waals surface area contributed by atoms with E-state index < -0.39 is 0 Å². The van der Waals surface area contributed by atoms with Crippen molar-refractivity contribution in [1.29, 1.82) is 10.5 Å². The van der Waals surface area contributed by atoms with E-state index in [1.165, 1.54) is 0 Å². The summed E-state index contributed by atoms with van der Waals surface area (Å²) in [5, 5.41) is 21.7. The molecule has 0 radical (unpaired) electrons. The first-order valence-corrected chi connectivity index (χ1v) is 15.0. The highest BCUT2D eigenvalue weighted by molar-refractivity contribution is 6.10. The van der Waals surface area contributed by atoms with Crippen molar-refractivity contribution >= 4 is 21.8 Å². The number of benzene rings is 5. The standard InChI is InChI=1S/C40H23N7/c41-23-26-13-16-32-33-17-14-27(24-42)21-36(33)47(35(32)20-26)37-22-30(31-12-7-19-43-25-31)15-18-34(37)40-45-38(28-8-3-1-4-9-28)44-39(46-40)29-10-5-2-6-11-29/h1-22,25H. The summed E-state index contributed by atoms with van der Waals surface area (Å²) in [6.45, 7) is 0. The number of nitriles is 2. The van der Waals surface area contributed by atoms with E-state index in [2.05, 4.69) is 27.8 Å². The molecule has 7 nitrogen and oxygen atoms in total. The Morgan fingerprint density at radius 3 is 1.57 bits per heavy atom. The Bertz CT molecular complexity index is 2400. The molecule has 47 heavy (non-hydrogen) atoms. The van der Waals surface area contributed by atoms with Gasteiger partial charge in [0.1, 0.15) is 0 Å². The summed E-state index contributed by atoms with van der Waals surface area (Å²) in [5.41, 5.74) is 7.92. The molecule has 8 rings (SSSR count). The number of hydrogen-bond donors (Lipinski definition) is 0. The van der Waals surface area contributed by atoms with E-state index in [0.29, 0.717) is 28.6 Å². The Morgan fingerprint density at radius 2 is 1.04 bits per heavy atom. The molecule has 0 bridgehead atoms. The van der Waals surface area contributed by atoms with E-state index in [1.807, 2.05) is 128 Å². The third-order valence-electron chi connectivity index (χ3n) is 8.20. The average Bonchev–Trinajstić information content (AvgIpc) is 3.48. The van der Waals surface area contributed by atoms with Gasteiger partial charge in [-0.15, -0.1) is 0 Å². The predicted molar refractivity (Wildman–Crippen MR) is 183 cm³/mol. The van der Waals surface area contributed by atoms with Gasteiger partial charge in [0.05, 0.1) is 40.0 Å². The molecule has 0 unspecified atom stereocenters. The van der Waals surface area contributed by atoms with Gasteiger partial charge in [-0.25, -0.2) is 15.0 Å². The quantitative estimate of drug-likeness (QED) is 0.195. The van der Waals surface area contributed by atoms with Crippen LogP contribution in [0.5, 0.6) is 0 Å². The minimum absolute atomic E-state index is 0.494. The number of pyridine rings is 1. The molecule has 3 aromatic heterocycles. The van der Waals surface area contributed by atoms with E-state index >= 15 is 0 Å². The van der Waals surface area contributed by atoms with Gasteiger partial charge < -0.3 is 4.57 Å². The lowest BCUT2D eigenvalue weighted by molar-refractivity contribution is 1.06. The van der Waals surface area contributed by atoms with Crippen LogP contribution in [0.4, 0.5) is 0 Å². The molecule has 0 amide bonds. The molecule has 0 aliphatic heterocycles. The van der Waals surface area contributed by atoms with Gasteiger partial charge in [-0.2, -0.15) is 10.5 Å². The van der Waals surface area contributed by atoms with Crippen LogP contribution in [0, 0.1) is 22.7 Å². The summed E-state index contributed by atoms with van der Waals surface area (Å²) in [7, 11) is 0. The van der Waals surface area contributed by atoms with Crippen LogP contribution in [0.1, 0.15) is 11.1 Å². The first-order valence-electron chi connectivity index (χ1n) is 15.0. The SMILES string of the molecule is N#Cc1ccc2c3ccc(C#N)cc3n(-c3cc(-c4cccnc4)ccc3-c3nc(-c4ccccc4)nc(-c4ccccc4)n3)c2c1. The van der Waals surface area contributed by atoms with Crippen LogP contribution in [-0.2, 0) is 0 Å². The van der Waals surface area contributed by atoms with Crippen LogP contribution in [0.25, 0.3) is 72.8 Å². The molecule has 3 heterocycles. The molecule has 0 saturated carbocycles. The Kier molecular flexibility index (Phi) is 6.76. The van der Waals surface area contributed by atoms with E-state index in [9.17, 15) is 10.5 Å². The minimum Gasteiger partial charge on any atom is -0.308 e. The molecular formula is C40H23N7. The van der Waals surface area contributed by atoms with Crippen LogP contribution in [0.2, 0.25) is 0 Å². The van der Waals surface area contributed by atoms with Gasteiger partial charge in [0.25, 0.3) is 0 Å². The lowest BCUT2D eigenvalue weighted by atomic mass is 10.0. The van der Waals surface area contributed by atoms with Crippen molar-refractivity contribution in [3.8, 4) is 63.1 Å². The van der Waals surface area contributed by atoms with Gasteiger partial charge in [-0.05, 0) is 48.0 Å². The first kappa shape index (κ1) is 27.6. The summed E-state index contributed by atoms with van der Waals surface area (Å²) >= 11 is 0. The number of nitrogens with zero attached hydrogens (tertiary/aromatic N) is 7. The summed E-state index contributed by atoms with van der Waals surface area (Å²) in [5.74, 6) is 1.60. The lowest BCUT2D eigenvalue weighted by Crippen LogP contribution is -2.04. The summed E-state index contributed by atoms with van der Waals surface area (Å²) in [4.78, 5) is 19.3. The van der Waals surface area contributed by atoms with Crippen molar-refractivity contribution in [2.45, 2.75) is 0 Å². The van der Waals surface area contributed by atoms with Gasteiger partial charge in [0, 0.05) is 45.4 Å². The Balaban J connectivity index is 1.48. The monoisotopic (exact) mass is 601 g/mol. The van der Waals surface area contributed by atoms with Crippen molar-refractivity contribution in [3.05, 3.63) is 151 Å². The molecule has 0 saturated heterocycles. The molecule has 5 aromatic carbocycles. The molecule has 8 aromatic rings. The zero-order chi connectivity index (χ0) is 31.7. The van der Waals surface area contributed by atoms with E-state index in [4.69, 9.17) is 15.0 Å². The zero-order valence-corrected chi connectivity index (χ0v) is 24.9. The van der Waals surface area contributed by atoms with Crippen molar-refractivity contribution < 1.29 is 0 Å². The number of rotatable bonds is 5. The van der Waals surface area contributed by atoms with Gasteiger partial charge >= 0.3 is 0 Å². The maximum Gasteiger partial charge on any atom is 0.166 e. The van der Waals surface area contributed by atoms with Crippen molar-refractivity contribution in [3.63, 3.8) is 0 Å². The van der Waals surface area contributed by atoms with Crippen LogP contribution in [0.3, 0.4) is 0 Å². The highest BCUT2D eigenvalue weighted by Gasteiger charge is 2.21. The van der Waals surface area contributed by atoms with Crippen LogP contribution in [-0.4, -0.2) is 24.5 Å². The van der Waals surface area contributed by atoms with Gasteiger partial charge in [-0.3, -0.25) is 4.98 Å². The first-order chi connectivity index (χ1) is 23.2. The van der Waals surface area contributed by atoms with Crippen molar-refractivity contribution in [2.24, 2.45) is 0 Å². The van der Waals surface area contributed by atoms with E-state index in [1.54, 1.807) is 6.20 Å². The fourth-order valence-electron chi connectivity index (χ4n) is 5.97. The fraction of sp³-hybridized carbons (Fsp3) is 0. The number of hydrogen-bond acceptors (Lipinski definition) is 6. The second kappa shape index (κ2) is 11.5. The third-order valence-corrected chi connectivity index (χ3v) is 8.20. The van der Waals surface area contributed by atoms with Crippen LogP contribution < -0.4 is 0 Å². The molecule has 0 aliphatic carbocycles. The Morgan fingerprint density at radius 1 is 0.489 bits per heavy atom. The third kappa shape index (κ3) is 4.95. The maximum atomic E-state index is 9.88. The summed E-state index contributed by atoms with van der Waals surface area (Å²) < 4.78 is 2.11. The Labute approximate surface area is 270 Å². The fourth-order valence-corrected chi connectivity index (χ4v) is 5.97. The van der Waals surface area contributed by atoms with Gasteiger partial charge in [-0.1, -0.05) is 84.9 Å². The summed E-state index contributed by atoms with van der Waals surface area (Å²) in [6, 6.07) is 45.8. The highest BCUT2D eigenvalue weighted by Crippen LogP contribution is 2.38. The largest absolute Gasteiger partial charge is 0.308 e. The summed E-state index contributed by atoms with van der Waals surface area (Å²) in [6.07, 6.45) is 3.58. The van der Waals surface area contributed by atoms with Gasteiger partial charge in [0.15, 0.2) is 17.5 Å². The molecule has 0 atom stereocenters. The lowest BCUT2D eigenvalue weighted by Gasteiger charge is -2.16. The van der Waals surface area contributed by atoms with Crippen LogP contribution >= 0.6 is 0 Å². The molecule has 0 N–H and O–H groups in total. The molecule has 218 valence electrons. The van der Waals surface area contributed by atoms with Crippen LogP contribution in [0.15, 0.2) is 140 Å². The second-order valence-corrected chi connectivity index (χ2v) is 11.0. The minimum atomic E-state index is 0.494. The van der Waals surface area contributed by atoms with E-state index in [0.717, 1.165) is 55.3 Å². The molecule has 0 spiro atoms. The molecule has 0 fully saturated rings. The molecule has 0 aliphatic rings. The zero-order valence-electron chi connectivity index (χ0n) is 24.9. The number of fused-ring (bicyclic) bond motifs is 3. The van der Waals surface area contributed by atoms with Gasteiger partial charge in [0.2, 0.25) is 0 Å². The molecule has 7 heteroatoms. The highest BCUT2D eigenvalue weighted by atomic mass is 15.1. The van der Waals surface area contributed by atoms with Crippen molar-refractivity contribution in [1.82, 2.24) is 24.5 Å². The topological polar surface area (TPSA) is 104 Å². The molecular weight excluding hydrogens is 578 g/mol. The van der Waals surface area contributed by atoms with Crippen molar-refractivity contribution in [2.75, 3.05) is 0 Å². The second-order valence-electron chi connectivity index (χ2n) is 11.0. The van der Waals surface area contributed by atoms with E-state index in [-0.39, 0.29) is 0 Å². The Hall–Kier alpha value is -6.96. The average molecular weight is 602 g/mol. The predicted octanol–water partition coefficient (Wildman–Crippen LogP) is 8.78.